The molecule has 0 radical (unpaired) electrons. The van der Waals surface area contributed by atoms with E-state index in [0.29, 0.717) is 11.8 Å². The van der Waals surface area contributed by atoms with Crippen LogP contribution in [-0.2, 0) is 0 Å². The molecule has 0 fully saturated rings. The van der Waals surface area contributed by atoms with Crippen LogP contribution in [0.1, 0.15) is 11.1 Å². The third-order valence-electron chi connectivity index (χ3n) is 3.07. The summed E-state index contributed by atoms with van der Waals surface area (Å²) in [7, 11) is 0. The van der Waals surface area contributed by atoms with Gasteiger partial charge in [-0.2, -0.15) is 10.1 Å². The molecule has 0 atom stereocenters. The summed E-state index contributed by atoms with van der Waals surface area (Å²) >= 11 is 1.78. The summed E-state index contributed by atoms with van der Waals surface area (Å²) in [6.45, 7) is 0. The fourth-order valence-corrected chi connectivity index (χ4v) is 2.28. The fraction of sp³-hybridized carbons (Fsp3) is 0. The number of hydrogen-bond donors (Lipinski definition) is 1. The monoisotopic (exact) mass is 416 g/mol. The van der Waals surface area contributed by atoms with Crippen molar-refractivity contribution >= 4 is 34.7 Å². The summed E-state index contributed by atoms with van der Waals surface area (Å²) in [5.41, 5.74) is 5.73. The van der Waals surface area contributed by atoms with Crippen molar-refractivity contribution in [2.24, 2.45) is 5.10 Å². The molecule has 0 amide bonds. The van der Waals surface area contributed by atoms with Gasteiger partial charge < -0.3 is 3.07 Å². The van der Waals surface area contributed by atoms with Gasteiger partial charge in [0.25, 0.3) is 0 Å². The molecule has 0 saturated carbocycles. The highest BCUT2D eigenvalue weighted by molar-refractivity contribution is 14.1. The Balaban J connectivity index is 1.95. The lowest BCUT2D eigenvalue weighted by Crippen LogP contribution is -2.07. The normalized spacial score (nSPS) is 9.96. The van der Waals surface area contributed by atoms with Gasteiger partial charge in [0.1, 0.15) is 0 Å². The summed E-state index contributed by atoms with van der Waals surface area (Å²) in [6.07, 6.45) is 1.61. The number of aromatic nitrogens is 2. The Morgan fingerprint density at radius 1 is 0.913 bits per heavy atom. The van der Waals surface area contributed by atoms with Crippen LogP contribution in [0.4, 0.5) is 5.95 Å². The number of benzene rings is 2. The number of hydrazone groups is 1. The predicted molar refractivity (Wildman–Crippen MR) is 98.8 cm³/mol. The number of hydrogen-bond acceptors (Lipinski definition) is 5. The third kappa shape index (κ3) is 4.04. The zero-order chi connectivity index (χ0) is 15.9. The van der Waals surface area contributed by atoms with E-state index in [-0.39, 0.29) is 0 Å². The standard InChI is InChI=1S/C17H13IN4O/c18-23-15-11-12-19-17(20-15)22-21-16(13-7-3-1-4-8-13)14-9-5-2-6-10-14/h1-12H,(H,19,20,22). The summed E-state index contributed by atoms with van der Waals surface area (Å²) in [4.78, 5) is 8.33. The van der Waals surface area contributed by atoms with Crippen molar-refractivity contribution in [1.82, 2.24) is 9.97 Å². The molecule has 0 spiro atoms. The lowest BCUT2D eigenvalue weighted by Gasteiger charge is -2.08. The van der Waals surface area contributed by atoms with E-state index in [1.165, 1.54) is 0 Å². The summed E-state index contributed by atoms with van der Waals surface area (Å²) in [6, 6.07) is 21.6. The molecule has 0 unspecified atom stereocenters. The van der Waals surface area contributed by atoms with Crippen molar-refractivity contribution in [3.63, 3.8) is 0 Å². The molecule has 2 aromatic carbocycles. The highest BCUT2D eigenvalue weighted by Crippen LogP contribution is 2.13. The molecule has 0 bridgehead atoms. The lowest BCUT2D eigenvalue weighted by atomic mass is 10.0. The summed E-state index contributed by atoms with van der Waals surface area (Å²) < 4.78 is 5.06. The summed E-state index contributed by atoms with van der Waals surface area (Å²) in [5.74, 6) is 0.850. The molecule has 6 heteroatoms. The van der Waals surface area contributed by atoms with Crippen molar-refractivity contribution in [3.05, 3.63) is 84.1 Å². The number of anilines is 1. The Bertz CT molecular complexity index is 752. The van der Waals surface area contributed by atoms with Gasteiger partial charge in [-0.3, -0.25) is 0 Å². The van der Waals surface area contributed by atoms with Crippen LogP contribution in [0, 0.1) is 0 Å². The van der Waals surface area contributed by atoms with Crippen LogP contribution in [0.5, 0.6) is 5.88 Å². The van der Waals surface area contributed by atoms with Crippen LogP contribution >= 0.6 is 23.0 Å². The Labute approximate surface area is 148 Å². The zero-order valence-corrected chi connectivity index (χ0v) is 14.2. The zero-order valence-electron chi connectivity index (χ0n) is 12.1. The first kappa shape index (κ1) is 15.4. The average molecular weight is 416 g/mol. The van der Waals surface area contributed by atoms with E-state index in [1.54, 1.807) is 35.3 Å². The van der Waals surface area contributed by atoms with Gasteiger partial charge in [-0.25, -0.2) is 10.4 Å². The molecule has 0 saturated heterocycles. The molecule has 23 heavy (non-hydrogen) atoms. The molecular formula is C17H13IN4O. The van der Waals surface area contributed by atoms with E-state index in [1.807, 2.05) is 60.7 Å². The Kier molecular flexibility index (Phi) is 5.15. The van der Waals surface area contributed by atoms with E-state index in [4.69, 9.17) is 3.07 Å². The highest BCUT2D eigenvalue weighted by atomic mass is 127. The van der Waals surface area contributed by atoms with Crippen LogP contribution in [0.15, 0.2) is 78.0 Å². The molecule has 0 aliphatic rings. The molecule has 3 rings (SSSR count). The molecule has 1 aromatic heterocycles. The number of nitrogens with one attached hydrogen (secondary N) is 1. The molecule has 0 aliphatic carbocycles. The van der Waals surface area contributed by atoms with Gasteiger partial charge in [0.05, 0.1) is 5.71 Å². The lowest BCUT2D eigenvalue weighted by molar-refractivity contribution is 0.678. The number of nitrogens with zero attached hydrogens (tertiary/aromatic N) is 3. The minimum Gasteiger partial charge on any atom is -0.408 e. The Hall–Kier alpha value is -2.48. The molecule has 5 nitrogen and oxygen atoms in total. The first-order valence-electron chi connectivity index (χ1n) is 6.93. The first-order valence-corrected chi connectivity index (χ1v) is 7.81. The molecule has 0 aliphatic heterocycles. The second-order valence-corrected chi connectivity index (χ2v) is 5.04. The van der Waals surface area contributed by atoms with E-state index in [9.17, 15) is 0 Å². The maximum absolute atomic E-state index is 5.06. The van der Waals surface area contributed by atoms with Crippen molar-refractivity contribution < 1.29 is 3.07 Å². The van der Waals surface area contributed by atoms with Crippen LogP contribution in [0.3, 0.4) is 0 Å². The maximum atomic E-state index is 5.06. The van der Waals surface area contributed by atoms with E-state index < -0.39 is 0 Å². The van der Waals surface area contributed by atoms with Crippen LogP contribution in [0.2, 0.25) is 0 Å². The maximum Gasteiger partial charge on any atom is 0.246 e. The summed E-state index contributed by atoms with van der Waals surface area (Å²) in [5, 5.41) is 4.49. The average Bonchev–Trinajstić information content (AvgIpc) is 2.64. The Morgan fingerprint density at radius 2 is 1.52 bits per heavy atom. The Morgan fingerprint density at radius 3 is 2.09 bits per heavy atom. The molecule has 114 valence electrons. The van der Waals surface area contributed by atoms with Gasteiger partial charge >= 0.3 is 0 Å². The first-order chi connectivity index (χ1) is 11.4. The van der Waals surface area contributed by atoms with Crippen molar-refractivity contribution in [3.8, 4) is 5.88 Å². The van der Waals surface area contributed by atoms with Crippen molar-refractivity contribution in [2.45, 2.75) is 0 Å². The minimum absolute atomic E-state index is 0.378. The van der Waals surface area contributed by atoms with Gasteiger partial charge in [-0.15, -0.1) is 0 Å². The van der Waals surface area contributed by atoms with Crippen LogP contribution in [-0.4, -0.2) is 15.7 Å². The van der Waals surface area contributed by atoms with Crippen molar-refractivity contribution in [2.75, 3.05) is 5.43 Å². The van der Waals surface area contributed by atoms with Crippen LogP contribution in [0.25, 0.3) is 0 Å². The number of rotatable bonds is 5. The van der Waals surface area contributed by atoms with E-state index in [2.05, 4.69) is 20.5 Å². The van der Waals surface area contributed by atoms with E-state index in [0.717, 1.165) is 16.8 Å². The van der Waals surface area contributed by atoms with Gasteiger partial charge in [-0.05, 0) is 0 Å². The second kappa shape index (κ2) is 7.68. The largest absolute Gasteiger partial charge is 0.408 e. The number of halogens is 1. The second-order valence-electron chi connectivity index (χ2n) is 4.60. The topological polar surface area (TPSA) is 59.4 Å². The van der Waals surface area contributed by atoms with Crippen LogP contribution < -0.4 is 8.49 Å². The minimum atomic E-state index is 0.378. The van der Waals surface area contributed by atoms with Gasteiger partial charge in [0.15, 0.2) is 23.0 Å². The van der Waals surface area contributed by atoms with E-state index >= 15 is 0 Å². The molecule has 1 N–H and O–H groups in total. The molecule has 3 aromatic rings. The third-order valence-corrected chi connectivity index (χ3v) is 3.52. The van der Waals surface area contributed by atoms with Gasteiger partial charge in [0, 0.05) is 23.4 Å². The smallest absolute Gasteiger partial charge is 0.246 e. The van der Waals surface area contributed by atoms with Gasteiger partial charge in [0.2, 0.25) is 11.8 Å². The highest BCUT2D eigenvalue weighted by Gasteiger charge is 2.07. The molecule has 1 heterocycles. The van der Waals surface area contributed by atoms with Gasteiger partial charge in [-0.1, -0.05) is 60.7 Å². The SMILES string of the molecule is IOc1ccnc(NN=C(c2ccccc2)c2ccccc2)n1. The van der Waals surface area contributed by atoms with Crippen molar-refractivity contribution in [1.29, 1.82) is 0 Å². The fourth-order valence-electron chi connectivity index (χ4n) is 2.03. The quantitative estimate of drug-likeness (QED) is 0.387. The molecular weight excluding hydrogens is 403 g/mol. The predicted octanol–water partition coefficient (Wildman–Crippen LogP) is 4.07.